The van der Waals surface area contributed by atoms with Crippen molar-refractivity contribution in [2.45, 2.75) is 47.3 Å². The molecule has 1 unspecified atom stereocenters. The molecule has 8 heteroatoms. The van der Waals surface area contributed by atoms with Crippen LogP contribution in [0.1, 0.15) is 49.7 Å². The van der Waals surface area contributed by atoms with Gasteiger partial charge in [-0.25, -0.2) is 4.99 Å². The molecule has 1 aliphatic rings. The Bertz CT molecular complexity index is 842. The van der Waals surface area contributed by atoms with Gasteiger partial charge in [0.1, 0.15) is 12.6 Å². The number of hydrogen-bond acceptors (Lipinski definition) is 6. The van der Waals surface area contributed by atoms with Crippen LogP contribution in [0.15, 0.2) is 27.7 Å². The standard InChI is InChI=1S/C22H34N6O2/c1-6-23-22(24-15-20-25-21(26-30-20)18(5)29-7-2)28-13-11-27(12-14-28)19-10-8-9-16(3)17(19)4/h8-10,18H,6-7,11-15H2,1-5H3,(H,23,24). The van der Waals surface area contributed by atoms with Crippen molar-refractivity contribution in [2.75, 3.05) is 44.2 Å². The predicted molar refractivity (Wildman–Crippen MR) is 119 cm³/mol. The van der Waals surface area contributed by atoms with E-state index in [1.54, 1.807) is 0 Å². The molecule has 3 rings (SSSR count). The Balaban J connectivity index is 1.62. The van der Waals surface area contributed by atoms with Gasteiger partial charge in [0.05, 0.1) is 0 Å². The van der Waals surface area contributed by atoms with E-state index in [1.807, 2.05) is 13.8 Å². The van der Waals surface area contributed by atoms with Crippen LogP contribution in [0.4, 0.5) is 5.69 Å². The number of aromatic nitrogens is 2. The molecular weight excluding hydrogens is 380 g/mol. The van der Waals surface area contributed by atoms with Crippen molar-refractivity contribution < 1.29 is 9.26 Å². The zero-order valence-electron chi connectivity index (χ0n) is 18.8. The lowest BCUT2D eigenvalue weighted by Gasteiger charge is -2.38. The Morgan fingerprint density at radius 1 is 1.23 bits per heavy atom. The topological polar surface area (TPSA) is 79.0 Å². The van der Waals surface area contributed by atoms with Crippen LogP contribution >= 0.6 is 0 Å². The quantitative estimate of drug-likeness (QED) is 0.551. The summed E-state index contributed by atoms with van der Waals surface area (Å²) >= 11 is 0. The summed E-state index contributed by atoms with van der Waals surface area (Å²) < 4.78 is 10.9. The Morgan fingerprint density at radius 2 is 2.00 bits per heavy atom. The van der Waals surface area contributed by atoms with E-state index < -0.39 is 0 Å². The molecule has 30 heavy (non-hydrogen) atoms. The number of ether oxygens (including phenoxy) is 1. The van der Waals surface area contributed by atoms with Crippen molar-refractivity contribution in [2.24, 2.45) is 4.99 Å². The average molecular weight is 415 g/mol. The molecule has 1 saturated heterocycles. The van der Waals surface area contributed by atoms with E-state index in [9.17, 15) is 0 Å². The first-order valence-corrected chi connectivity index (χ1v) is 10.8. The van der Waals surface area contributed by atoms with E-state index in [2.05, 4.69) is 64.2 Å². The number of benzene rings is 1. The highest BCUT2D eigenvalue weighted by atomic mass is 16.5. The predicted octanol–water partition coefficient (Wildman–Crippen LogP) is 3.07. The van der Waals surface area contributed by atoms with Crippen molar-refractivity contribution in [3.8, 4) is 0 Å². The van der Waals surface area contributed by atoms with Gasteiger partial charge in [-0.15, -0.1) is 0 Å². The van der Waals surface area contributed by atoms with Crippen LogP contribution in [0, 0.1) is 13.8 Å². The fourth-order valence-corrected chi connectivity index (χ4v) is 3.63. The third kappa shape index (κ3) is 5.30. The summed E-state index contributed by atoms with van der Waals surface area (Å²) in [7, 11) is 0. The van der Waals surface area contributed by atoms with Gasteiger partial charge in [-0.3, -0.25) is 0 Å². The van der Waals surface area contributed by atoms with Crippen LogP contribution in [-0.4, -0.2) is 60.3 Å². The Hall–Kier alpha value is -2.61. The average Bonchev–Trinajstić information content (AvgIpc) is 3.23. The van der Waals surface area contributed by atoms with Gasteiger partial charge < -0.3 is 24.4 Å². The molecule has 8 nitrogen and oxygen atoms in total. The fourth-order valence-electron chi connectivity index (χ4n) is 3.63. The molecule has 2 aromatic rings. The second-order valence-corrected chi connectivity index (χ2v) is 7.51. The highest BCUT2D eigenvalue weighted by Crippen LogP contribution is 2.24. The highest BCUT2D eigenvalue weighted by Gasteiger charge is 2.21. The third-order valence-corrected chi connectivity index (χ3v) is 5.46. The molecule has 164 valence electrons. The maximum Gasteiger partial charge on any atom is 0.248 e. The number of guanidine groups is 1. The molecular formula is C22H34N6O2. The lowest BCUT2D eigenvalue weighted by Crippen LogP contribution is -2.52. The molecule has 1 aromatic carbocycles. The Morgan fingerprint density at radius 3 is 2.70 bits per heavy atom. The highest BCUT2D eigenvalue weighted by molar-refractivity contribution is 5.80. The van der Waals surface area contributed by atoms with Crippen molar-refractivity contribution >= 4 is 11.6 Å². The van der Waals surface area contributed by atoms with Crippen LogP contribution in [0.5, 0.6) is 0 Å². The summed E-state index contributed by atoms with van der Waals surface area (Å²) in [4.78, 5) is 13.9. The van der Waals surface area contributed by atoms with Gasteiger partial charge in [0.15, 0.2) is 11.8 Å². The van der Waals surface area contributed by atoms with Gasteiger partial charge in [0.2, 0.25) is 5.89 Å². The van der Waals surface area contributed by atoms with Crippen LogP contribution in [0.3, 0.4) is 0 Å². The number of aliphatic imine (C=N–C) groups is 1. The summed E-state index contributed by atoms with van der Waals surface area (Å²) in [5.41, 5.74) is 4.03. The fraction of sp³-hybridized carbons (Fsp3) is 0.591. The largest absolute Gasteiger partial charge is 0.371 e. The molecule has 1 N–H and O–H groups in total. The minimum Gasteiger partial charge on any atom is -0.371 e. The van der Waals surface area contributed by atoms with Gasteiger partial charge in [0, 0.05) is 45.0 Å². The van der Waals surface area contributed by atoms with Gasteiger partial charge in [-0.05, 0) is 51.8 Å². The maximum absolute atomic E-state index is 5.52. The molecule has 1 aliphatic heterocycles. The molecule has 0 spiro atoms. The molecule has 1 atom stereocenters. The van der Waals surface area contributed by atoms with Crippen LogP contribution in [0.25, 0.3) is 0 Å². The minimum atomic E-state index is -0.178. The number of nitrogens with one attached hydrogen (secondary N) is 1. The lowest BCUT2D eigenvalue weighted by atomic mass is 10.1. The van der Waals surface area contributed by atoms with E-state index in [4.69, 9.17) is 14.3 Å². The van der Waals surface area contributed by atoms with Gasteiger partial charge in [0.25, 0.3) is 0 Å². The number of rotatable bonds is 7. The number of nitrogens with zero attached hydrogens (tertiary/aromatic N) is 5. The van der Waals surface area contributed by atoms with Crippen molar-refractivity contribution in [3.63, 3.8) is 0 Å². The maximum atomic E-state index is 5.52. The van der Waals surface area contributed by atoms with E-state index in [-0.39, 0.29) is 6.10 Å². The van der Waals surface area contributed by atoms with E-state index in [0.717, 1.165) is 38.7 Å². The molecule has 1 fully saturated rings. The van der Waals surface area contributed by atoms with E-state index in [0.29, 0.717) is 24.9 Å². The molecule has 0 radical (unpaired) electrons. The summed E-state index contributed by atoms with van der Waals surface area (Å²) in [6.07, 6.45) is -0.178. The van der Waals surface area contributed by atoms with Gasteiger partial charge >= 0.3 is 0 Å². The van der Waals surface area contributed by atoms with Crippen molar-refractivity contribution in [3.05, 3.63) is 41.0 Å². The SMILES string of the molecule is CCNC(=NCc1nc(C(C)OCC)no1)N1CCN(c2cccc(C)c2C)CC1. The minimum absolute atomic E-state index is 0.178. The molecule has 0 saturated carbocycles. The Kier molecular flexibility index (Phi) is 7.68. The zero-order valence-corrected chi connectivity index (χ0v) is 18.8. The molecule has 2 heterocycles. The molecule has 0 amide bonds. The van der Waals surface area contributed by atoms with Crippen molar-refractivity contribution in [1.82, 2.24) is 20.4 Å². The first-order chi connectivity index (χ1) is 14.5. The monoisotopic (exact) mass is 414 g/mol. The summed E-state index contributed by atoms with van der Waals surface area (Å²) in [5, 5.41) is 7.40. The second-order valence-electron chi connectivity index (χ2n) is 7.51. The first-order valence-electron chi connectivity index (χ1n) is 10.8. The summed E-state index contributed by atoms with van der Waals surface area (Å²) in [6, 6.07) is 6.53. The molecule has 0 aliphatic carbocycles. The first kappa shape index (κ1) is 22.1. The summed E-state index contributed by atoms with van der Waals surface area (Å²) in [6.45, 7) is 15.8. The number of aryl methyl sites for hydroxylation is 1. The normalized spacial score (nSPS) is 16.1. The van der Waals surface area contributed by atoms with E-state index >= 15 is 0 Å². The zero-order chi connectivity index (χ0) is 21.5. The number of anilines is 1. The number of piperazine rings is 1. The van der Waals surface area contributed by atoms with Gasteiger partial charge in [-0.1, -0.05) is 17.3 Å². The van der Waals surface area contributed by atoms with Crippen LogP contribution in [-0.2, 0) is 11.3 Å². The van der Waals surface area contributed by atoms with Crippen molar-refractivity contribution in [1.29, 1.82) is 0 Å². The Labute approximate surface area is 179 Å². The van der Waals surface area contributed by atoms with Gasteiger partial charge in [-0.2, -0.15) is 4.98 Å². The van der Waals surface area contributed by atoms with Crippen LogP contribution < -0.4 is 10.2 Å². The smallest absolute Gasteiger partial charge is 0.248 e. The second kappa shape index (κ2) is 10.4. The van der Waals surface area contributed by atoms with Crippen LogP contribution in [0.2, 0.25) is 0 Å². The number of hydrogen-bond donors (Lipinski definition) is 1. The van der Waals surface area contributed by atoms with E-state index in [1.165, 1.54) is 16.8 Å². The summed E-state index contributed by atoms with van der Waals surface area (Å²) in [5.74, 6) is 1.95. The lowest BCUT2D eigenvalue weighted by molar-refractivity contribution is 0.0683. The third-order valence-electron chi connectivity index (χ3n) is 5.46. The molecule has 1 aromatic heterocycles. The molecule has 0 bridgehead atoms.